The van der Waals surface area contributed by atoms with Crippen molar-refractivity contribution in [2.24, 2.45) is 20.5 Å². The highest BCUT2D eigenvalue weighted by Crippen LogP contribution is 2.14. The van der Waals surface area contributed by atoms with Crippen LogP contribution in [0.3, 0.4) is 0 Å². The van der Waals surface area contributed by atoms with Crippen LogP contribution in [-0.4, -0.2) is 22.7 Å². The molecule has 0 amide bonds. The average Bonchev–Trinajstić information content (AvgIpc) is 2.52. The summed E-state index contributed by atoms with van der Waals surface area (Å²) >= 11 is 0. The van der Waals surface area contributed by atoms with Crippen molar-refractivity contribution in [1.29, 1.82) is 0 Å². The zero-order valence-electron chi connectivity index (χ0n) is 10.6. The maximum Gasteiger partial charge on any atom is 0.214 e. The van der Waals surface area contributed by atoms with Crippen LogP contribution in [0.1, 0.15) is 0 Å². The Morgan fingerprint density at radius 2 is 0.950 bits per heavy atom. The molecule has 0 bridgehead atoms. The van der Waals surface area contributed by atoms with E-state index in [-0.39, 0.29) is 0 Å². The fourth-order valence-electron chi connectivity index (χ4n) is 1.36. The highest BCUT2D eigenvalue weighted by molar-refractivity contribution is 5.35. The highest BCUT2D eigenvalue weighted by atomic mass is 16.4. The molecule has 2 aromatic rings. The Kier molecular flexibility index (Phi) is 5.05. The molecule has 0 radical (unpaired) electrons. The summed E-state index contributed by atoms with van der Waals surface area (Å²) in [5, 5.41) is 33.9. The SMILES string of the molecule is O[C@@H](N=Nc1ccccc1)[C@@H](O)N=Nc1ccccc1. The Labute approximate surface area is 116 Å². The van der Waals surface area contributed by atoms with E-state index in [0.717, 1.165) is 0 Å². The molecule has 0 aliphatic heterocycles. The molecule has 0 fully saturated rings. The smallest absolute Gasteiger partial charge is 0.214 e. The standard InChI is InChI=1S/C14H14N4O2/c19-13(17-15-11-7-3-1-4-8-11)14(20)18-16-12-9-5-2-6-10-12/h1-10,13-14,19-20H/t13-,14-/m1/s1. The molecule has 2 rings (SSSR count). The number of hydrogen-bond acceptors (Lipinski definition) is 6. The van der Waals surface area contributed by atoms with Crippen LogP contribution in [0.15, 0.2) is 81.1 Å². The van der Waals surface area contributed by atoms with Crippen LogP contribution in [0.2, 0.25) is 0 Å². The van der Waals surface area contributed by atoms with Gasteiger partial charge in [0.1, 0.15) is 0 Å². The second-order valence-corrected chi connectivity index (χ2v) is 3.93. The van der Waals surface area contributed by atoms with Gasteiger partial charge in [-0.25, -0.2) is 0 Å². The quantitative estimate of drug-likeness (QED) is 0.817. The molecular weight excluding hydrogens is 256 g/mol. The highest BCUT2D eigenvalue weighted by Gasteiger charge is 2.14. The second-order valence-electron chi connectivity index (χ2n) is 3.93. The first-order valence-corrected chi connectivity index (χ1v) is 6.03. The Balaban J connectivity index is 1.94. The molecule has 0 unspecified atom stereocenters. The summed E-state index contributed by atoms with van der Waals surface area (Å²) in [6.45, 7) is 0. The van der Waals surface area contributed by atoms with E-state index in [4.69, 9.17) is 0 Å². The zero-order valence-corrected chi connectivity index (χ0v) is 10.6. The van der Waals surface area contributed by atoms with Gasteiger partial charge in [0.25, 0.3) is 0 Å². The van der Waals surface area contributed by atoms with Crippen molar-refractivity contribution in [2.45, 2.75) is 12.5 Å². The number of rotatable bonds is 5. The van der Waals surface area contributed by atoms with Crippen molar-refractivity contribution in [1.82, 2.24) is 0 Å². The molecule has 0 aliphatic carbocycles. The predicted octanol–water partition coefficient (Wildman–Crippen LogP) is 3.19. The molecule has 6 nitrogen and oxygen atoms in total. The normalized spacial score (nSPS) is 14.7. The van der Waals surface area contributed by atoms with Gasteiger partial charge in [-0.15, -0.1) is 0 Å². The minimum atomic E-state index is -1.46. The van der Waals surface area contributed by atoms with Crippen molar-refractivity contribution < 1.29 is 10.2 Å². The Morgan fingerprint density at radius 3 is 1.30 bits per heavy atom. The van der Waals surface area contributed by atoms with Gasteiger partial charge in [0, 0.05) is 0 Å². The molecule has 0 aliphatic rings. The number of aliphatic hydroxyl groups is 2. The zero-order chi connectivity index (χ0) is 14.2. The number of aliphatic hydroxyl groups excluding tert-OH is 2. The monoisotopic (exact) mass is 270 g/mol. The van der Waals surface area contributed by atoms with E-state index in [0.29, 0.717) is 11.4 Å². The van der Waals surface area contributed by atoms with Crippen LogP contribution in [0, 0.1) is 0 Å². The third kappa shape index (κ3) is 4.34. The van der Waals surface area contributed by atoms with Crippen LogP contribution >= 0.6 is 0 Å². The molecule has 0 aromatic heterocycles. The van der Waals surface area contributed by atoms with E-state index >= 15 is 0 Å². The molecular formula is C14H14N4O2. The summed E-state index contributed by atoms with van der Waals surface area (Å²) in [7, 11) is 0. The lowest BCUT2D eigenvalue weighted by atomic mass is 10.3. The van der Waals surface area contributed by atoms with E-state index < -0.39 is 12.5 Å². The largest absolute Gasteiger partial charge is 0.367 e. The summed E-state index contributed by atoms with van der Waals surface area (Å²) in [5.74, 6) is 0. The summed E-state index contributed by atoms with van der Waals surface area (Å²) in [6, 6.07) is 17.8. The van der Waals surface area contributed by atoms with Gasteiger partial charge in [-0.3, -0.25) is 0 Å². The first-order chi connectivity index (χ1) is 9.75. The lowest BCUT2D eigenvalue weighted by molar-refractivity contribution is 0.0231. The summed E-state index contributed by atoms with van der Waals surface area (Å²) in [6.07, 6.45) is -2.91. The molecule has 2 N–H and O–H groups in total. The molecule has 0 heterocycles. The van der Waals surface area contributed by atoms with Crippen LogP contribution in [0.5, 0.6) is 0 Å². The first kappa shape index (κ1) is 14.0. The number of hydrogen-bond donors (Lipinski definition) is 2. The minimum Gasteiger partial charge on any atom is -0.367 e. The van der Waals surface area contributed by atoms with Gasteiger partial charge < -0.3 is 10.2 Å². The molecule has 6 heteroatoms. The Morgan fingerprint density at radius 1 is 0.600 bits per heavy atom. The van der Waals surface area contributed by atoms with Gasteiger partial charge >= 0.3 is 0 Å². The van der Waals surface area contributed by atoms with Crippen LogP contribution in [-0.2, 0) is 0 Å². The molecule has 2 atom stereocenters. The summed E-state index contributed by atoms with van der Waals surface area (Å²) < 4.78 is 0. The minimum absolute atomic E-state index is 0.582. The average molecular weight is 270 g/mol. The van der Waals surface area contributed by atoms with Crippen molar-refractivity contribution in [3.8, 4) is 0 Å². The Hall–Kier alpha value is -2.44. The first-order valence-electron chi connectivity index (χ1n) is 6.03. The van der Waals surface area contributed by atoms with Crippen molar-refractivity contribution in [2.75, 3.05) is 0 Å². The van der Waals surface area contributed by atoms with Crippen LogP contribution in [0.4, 0.5) is 11.4 Å². The third-order valence-corrected chi connectivity index (χ3v) is 2.36. The van der Waals surface area contributed by atoms with Crippen LogP contribution < -0.4 is 0 Å². The van der Waals surface area contributed by atoms with Crippen LogP contribution in [0.25, 0.3) is 0 Å². The molecule has 0 spiro atoms. The van der Waals surface area contributed by atoms with Crippen molar-refractivity contribution in [3.63, 3.8) is 0 Å². The maximum absolute atomic E-state index is 9.59. The Bertz CT molecular complexity index is 519. The molecule has 0 saturated carbocycles. The van der Waals surface area contributed by atoms with E-state index in [1.807, 2.05) is 12.1 Å². The van der Waals surface area contributed by atoms with Crippen molar-refractivity contribution in [3.05, 3.63) is 60.7 Å². The fraction of sp³-hybridized carbons (Fsp3) is 0.143. The lowest BCUT2D eigenvalue weighted by Crippen LogP contribution is -2.20. The lowest BCUT2D eigenvalue weighted by Gasteiger charge is -2.06. The van der Waals surface area contributed by atoms with Gasteiger partial charge in [0.05, 0.1) is 11.4 Å². The maximum atomic E-state index is 9.59. The van der Waals surface area contributed by atoms with Gasteiger partial charge in [-0.2, -0.15) is 20.5 Å². The second kappa shape index (κ2) is 7.22. The van der Waals surface area contributed by atoms with Crippen molar-refractivity contribution >= 4 is 11.4 Å². The third-order valence-electron chi connectivity index (χ3n) is 2.36. The van der Waals surface area contributed by atoms with E-state index in [9.17, 15) is 10.2 Å². The molecule has 102 valence electrons. The number of nitrogens with zero attached hydrogens (tertiary/aromatic N) is 4. The fourth-order valence-corrected chi connectivity index (χ4v) is 1.36. The van der Waals surface area contributed by atoms with Gasteiger partial charge in [-0.05, 0) is 24.3 Å². The molecule has 20 heavy (non-hydrogen) atoms. The van der Waals surface area contributed by atoms with Gasteiger partial charge in [0.15, 0.2) is 0 Å². The summed E-state index contributed by atoms with van der Waals surface area (Å²) in [4.78, 5) is 0. The van der Waals surface area contributed by atoms with Gasteiger partial charge in [-0.1, -0.05) is 36.4 Å². The van der Waals surface area contributed by atoms with Gasteiger partial charge in [0.2, 0.25) is 12.5 Å². The number of benzene rings is 2. The topological polar surface area (TPSA) is 89.9 Å². The number of azo groups is 2. The van der Waals surface area contributed by atoms with E-state index in [1.165, 1.54) is 0 Å². The predicted molar refractivity (Wildman–Crippen MR) is 73.9 cm³/mol. The molecule has 2 aromatic carbocycles. The summed E-state index contributed by atoms with van der Waals surface area (Å²) in [5.41, 5.74) is 1.16. The molecule has 0 saturated heterocycles. The van der Waals surface area contributed by atoms with E-state index in [2.05, 4.69) is 20.5 Å². The van der Waals surface area contributed by atoms with E-state index in [1.54, 1.807) is 48.5 Å².